The van der Waals surface area contributed by atoms with Gasteiger partial charge in [0.15, 0.2) is 0 Å². The molecule has 0 unspecified atom stereocenters. The third-order valence-electron chi connectivity index (χ3n) is 3.19. The van der Waals surface area contributed by atoms with Crippen molar-refractivity contribution in [3.63, 3.8) is 0 Å². The molecular formula is C13H17ClN4O. The Bertz CT molecular complexity index is 614. The van der Waals surface area contributed by atoms with Gasteiger partial charge in [0.05, 0.1) is 17.8 Å². The van der Waals surface area contributed by atoms with Crippen molar-refractivity contribution in [1.82, 2.24) is 19.7 Å². The summed E-state index contributed by atoms with van der Waals surface area (Å²) in [7, 11) is 3.55. The lowest BCUT2D eigenvalue weighted by Crippen LogP contribution is -2.26. The van der Waals surface area contributed by atoms with E-state index in [1.165, 1.54) is 0 Å². The summed E-state index contributed by atoms with van der Waals surface area (Å²) in [6.07, 6.45) is 3.52. The van der Waals surface area contributed by atoms with Crippen LogP contribution in [-0.2, 0) is 13.6 Å². The van der Waals surface area contributed by atoms with E-state index in [9.17, 15) is 4.79 Å². The van der Waals surface area contributed by atoms with E-state index in [1.807, 2.05) is 20.0 Å². The Morgan fingerprint density at radius 1 is 1.47 bits per heavy atom. The number of halogens is 1. The molecular weight excluding hydrogens is 264 g/mol. The molecule has 2 aromatic heterocycles. The van der Waals surface area contributed by atoms with E-state index in [-0.39, 0.29) is 5.91 Å². The lowest BCUT2D eigenvalue weighted by Gasteiger charge is -2.17. The number of nitrogens with one attached hydrogen (secondary N) is 1. The Hall–Kier alpha value is -1.75. The molecule has 0 atom stereocenters. The zero-order chi connectivity index (χ0) is 14.2. The highest BCUT2D eigenvalue weighted by molar-refractivity contribution is 6.30. The number of aromatic amines is 1. The molecule has 2 heterocycles. The number of aryl methyl sites for hydroxylation is 3. The van der Waals surface area contributed by atoms with Crippen LogP contribution in [0.1, 0.15) is 27.2 Å². The maximum atomic E-state index is 12.3. The Labute approximate surface area is 117 Å². The van der Waals surface area contributed by atoms with Crippen molar-refractivity contribution in [2.75, 3.05) is 7.05 Å². The van der Waals surface area contributed by atoms with Crippen molar-refractivity contribution in [3.8, 4) is 0 Å². The predicted octanol–water partition coefficient (Wildman–Crippen LogP) is 2.29. The van der Waals surface area contributed by atoms with Crippen LogP contribution in [0, 0.1) is 13.8 Å². The molecule has 0 aromatic carbocycles. The molecule has 0 aliphatic rings. The number of aromatic nitrogens is 3. The first-order chi connectivity index (χ1) is 8.91. The number of hydrogen-bond donors (Lipinski definition) is 1. The standard InChI is InChI=1S/C13H17ClN4O/c1-8-5-15-6-10(8)13(19)17(3)7-11-9(2)16-18(4)12(11)14/h5-6,15H,7H2,1-4H3. The summed E-state index contributed by atoms with van der Waals surface area (Å²) < 4.78 is 1.62. The van der Waals surface area contributed by atoms with E-state index in [2.05, 4.69) is 10.1 Å². The number of carbonyl (C=O) groups is 1. The van der Waals surface area contributed by atoms with Gasteiger partial charge in [-0.1, -0.05) is 11.6 Å². The molecule has 0 saturated heterocycles. The number of hydrogen-bond acceptors (Lipinski definition) is 2. The monoisotopic (exact) mass is 280 g/mol. The summed E-state index contributed by atoms with van der Waals surface area (Å²) in [5, 5.41) is 4.82. The van der Waals surface area contributed by atoms with Gasteiger partial charge in [-0.25, -0.2) is 0 Å². The maximum Gasteiger partial charge on any atom is 0.255 e. The topological polar surface area (TPSA) is 53.9 Å². The van der Waals surface area contributed by atoms with Crippen LogP contribution in [-0.4, -0.2) is 32.6 Å². The van der Waals surface area contributed by atoms with Gasteiger partial charge < -0.3 is 9.88 Å². The van der Waals surface area contributed by atoms with Gasteiger partial charge in [0, 0.05) is 32.1 Å². The molecule has 0 fully saturated rings. The highest BCUT2D eigenvalue weighted by atomic mass is 35.5. The third-order valence-corrected chi connectivity index (χ3v) is 3.67. The van der Waals surface area contributed by atoms with Crippen LogP contribution in [0.2, 0.25) is 5.15 Å². The summed E-state index contributed by atoms with van der Waals surface area (Å²) in [5.74, 6) is -0.0296. The van der Waals surface area contributed by atoms with E-state index < -0.39 is 0 Å². The molecule has 102 valence electrons. The van der Waals surface area contributed by atoms with Crippen LogP contribution in [0.25, 0.3) is 0 Å². The first kappa shape index (κ1) is 13.7. The first-order valence-electron chi connectivity index (χ1n) is 5.98. The Morgan fingerprint density at radius 2 is 2.16 bits per heavy atom. The van der Waals surface area contributed by atoms with E-state index in [0.717, 1.165) is 16.8 Å². The van der Waals surface area contributed by atoms with Gasteiger partial charge in [0.25, 0.3) is 5.91 Å². The second kappa shape index (κ2) is 5.09. The normalized spacial score (nSPS) is 10.8. The van der Waals surface area contributed by atoms with E-state index >= 15 is 0 Å². The minimum atomic E-state index is -0.0296. The number of H-pyrrole nitrogens is 1. The molecule has 2 rings (SSSR count). The predicted molar refractivity (Wildman–Crippen MR) is 74.3 cm³/mol. The van der Waals surface area contributed by atoms with Crippen LogP contribution >= 0.6 is 11.6 Å². The van der Waals surface area contributed by atoms with Gasteiger partial charge in [-0.05, 0) is 19.4 Å². The lowest BCUT2D eigenvalue weighted by atomic mass is 10.2. The van der Waals surface area contributed by atoms with Crippen LogP contribution < -0.4 is 0 Å². The highest BCUT2D eigenvalue weighted by Crippen LogP contribution is 2.21. The molecule has 0 spiro atoms. The van der Waals surface area contributed by atoms with Crippen LogP contribution in [0.3, 0.4) is 0 Å². The quantitative estimate of drug-likeness (QED) is 0.938. The zero-order valence-electron chi connectivity index (χ0n) is 11.5. The van der Waals surface area contributed by atoms with Crippen LogP contribution in [0.4, 0.5) is 0 Å². The lowest BCUT2D eigenvalue weighted by molar-refractivity contribution is 0.0784. The molecule has 19 heavy (non-hydrogen) atoms. The molecule has 5 nitrogen and oxygen atoms in total. The van der Waals surface area contributed by atoms with Crippen molar-refractivity contribution in [2.24, 2.45) is 7.05 Å². The average molecular weight is 281 g/mol. The van der Waals surface area contributed by atoms with E-state index in [1.54, 1.807) is 29.9 Å². The van der Waals surface area contributed by atoms with Gasteiger partial charge >= 0.3 is 0 Å². The Balaban J connectivity index is 2.20. The molecule has 1 N–H and O–H groups in total. The molecule has 0 radical (unpaired) electrons. The molecule has 0 aliphatic heterocycles. The fourth-order valence-corrected chi connectivity index (χ4v) is 2.27. The van der Waals surface area contributed by atoms with Crippen LogP contribution in [0.15, 0.2) is 12.4 Å². The van der Waals surface area contributed by atoms with Gasteiger partial charge in [0.1, 0.15) is 5.15 Å². The largest absolute Gasteiger partial charge is 0.367 e. The van der Waals surface area contributed by atoms with Crippen molar-refractivity contribution in [2.45, 2.75) is 20.4 Å². The molecule has 6 heteroatoms. The van der Waals surface area contributed by atoms with Crippen LogP contribution in [0.5, 0.6) is 0 Å². The van der Waals surface area contributed by atoms with E-state index in [4.69, 9.17) is 11.6 Å². The maximum absolute atomic E-state index is 12.3. The van der Waals surface area contributed by atoms with Crippen molar-refractivity contribution in [3.05, 3.63) is 39.9 Å². The van der Waals surface area contributed by atoms with Crippen molar-refractivity contribution >= 4 is 17.5 Å². The third kappa shape index (κ3) is 2.51. The average Bonchev–Trinajstić information content (AvgIpc) is 2.88. The second-order valence-electron chi connectivity index (χ2n) is 4.69. The summed E-state index contributed by atoms with van der Waals surface area (Å²) in [5.41, 5.74) is 3.34. The summed E-state index contributed by atoms with van der Waals surface area (Å²) in [4.78, 5) is 16.9. The number of nitrogens with zero attached hydrogens (tertiary/aromatic N) is 3. The fourth-order valence-electron chi connectivity index (χ4n) is 2.04. The fraction of sp³-hybridized carbons (Fsp3) is 0.385. The minimum Gasteiger partial charge on any atom is -0.367 e. The molecule has 0 bridgehead atoms. The van der Waals surface area contributed by atoms with Gasteiger partial charge in [-0.3, -0.25) is 9.48 Å². The molecule has 2 aromatic rings. The highest BCUT2D eigenvalue weighted by Gasteiger charge is 2.19. The first-order valence-corrected chi connectivity index (χ1v) is 6.36. The summed E-state index contributed by atoms with van der Waals surface area (Å²) in [6.45, 7) is 4.24. The summed E-state index contributed by atoms with van der Waals surface area (Å²) >= 11 is 6.18. The minimum absolute atomic E-state index is 0.0296. The van der Waals surface area contributed by atoms with Gasteiger partial charge in [-0.15, -0.1) is 0 Å². The molecule has 0 saturated carbocycles. The Morgan fingerprint density at radius 3 is 2.63 bits per heavy atom. The number of rotatable bonds is 3. The number of carbonyl (C=O) groups excluding carboxylic acids is 1. The zero-order valence-corrected chi connectivity index (χ0v) is 12.2. The summed E-state index contributed by atoms with van der Waals surface area (Å²) in [6, 6.07) is 0. The van der Waals surface area contributed by atoms with Gasteiger partial charge in [0.2, 0.25) is 0 Å². The second-order valence-corrected chi connectivity index (χ2v) is 5.05. The SMILES string of the molecule is Cc1c[nH]cc1C(=O)N(C)Cc1c(C)nn(C)c1Cl. The van der Waals surface area contributed by atoms with Crippen molar-refractivity contribution < 1.29 is 4.79 Å². The molecule has 1 amide bonds. The smallest absolute Gasteiger partial charge is 0.255 e. The van der Waals surface area contributed by atoms with Crippen molar-refractivity contribution in [1.29, 1.82) is 0 Å². The molecule has 0 aliphatic carbocycles. The Kier molecular flexibility index (Phi) is 3.66. The number of amides is 1. The van der Waals surface area contributed by atoms with E-state index in [0.29, 0.717) is 17.3 Å². The van der Waals surface area contributed by atoms with Gasteiger partial charge in [-0.2, -0.15) is 5.10 Å².